The molecule has 3 fully saturated rings. The molecular weight excluding hydrogens is 220 g/mol. The average Bonchev–Trinajstić information content (AvgIpc) is 2.62. The highest BCUT2D eigenvalue weighted by molar-refractivity contribution is 5.11. The van der Waals surface area contributed by atoms with Gasteiger partial charge in [0.25, 0.3) is 0 Å². The standard InChI is InChI=1S/C17H30O/c1-15(2)13-7-10-16(15,3)14(11-13)12-17(18)8-5-4-6-9-17/h13-14,18H,4-12H2,1-3H3. The largest absolute Gasteiger partial charge is 0.390 e. The summed E-state index contributed by atoms with van der Waals surface area (Å²) in [5.74, 6) is 1.69. The molecule has 3 unspecified atom stereocenters. The quantitative estimate of drug-likeness (QED) is 0.763. The Morgan fingerprint density at radius 2 is 1.67 bits per heavy atom. The molecule has 1 N–H and O–H groups in total. The molecule has 0 radical (unpaired) electrons. The van der Waals surface area contributed by atoms with Crippen LogP contribution in [0.3, 0.4) is 0 Å². The second-order valence-electron chi connectivity index (χ2n) is 8.30. The van der Waals surface area contributed by atoms with Gasteiger partial charge in [0.2, 0.25) is 0 Å². The molecule has 1 heteroatoms. The first kappa shape index (κ1) is 13.0. The van der Waals surface area contributed by atoms with Crippen molar-refractivity contribution in [3.05, 3.63) is 0 Å². The molecule has 0 saturated heterocycles. The summed E-state index contributed by atoms with van der Waals surface area (Å²) >= 11 is 0. The fraction of sp³-hybridized carbons (Fsp3) is 1.00. The van der Waals surface area contributed by atoms with Crippen molar-refractivity contribution in [1.82, 2.24) is 0 Å². The van der Waals surface area contributed by atoms with Gasteiger partial charge in [-0.05, 0) is 61.2 Å². The molecule has 0 aliphatic heterocycles. The number of hydrogen-bond donors (Lipinski definition) is 1. The summed E-state index contributed by atoms with van der Waals surface area (Å²) in [7, 11) is 0. The monoisotopic (exact) mass is 250 g/mol. The fourth-order valence-corrected chi connectivity index (χ4v) is 5.55. The van der Waals surface area contributed by atoms with Crippen molar-refractivity contribution < 1.29 is 5.11 Å². The third-order valence-corrected chi connectivity index (χ3v) is 7.39. The molecule has 3 aliphatic carbocycles. The van der Waals surface area contributed by atoms with Crippen LogP contribution >= 0.6 is 0 Å². The summed E-state index contributed by atoms with van der Waals surface area (Å²) in [4.78, 5) is 0. The summed E-state index contributed by atoms with van der Waals surface area (Å²) in [6.07, 6.45) is 11.2. The summed E-state index contributed by atoms with van der Waals surface area (Å²) in [5, 5.41) is 10.8. The zero-order valence-electron chi connectivity index (χ0n) is 12.5. The highest BCUT2D eigenvalue weighted by Crippen LogP contribution is 2.69. The van der Waals surface area contributed by atoms with Crippen LogP contribution in [0.2, 0.25) is 0 Å². The lowest BCUT2D eigenvalue weighted by molar-refractivity contribution is -0.0413. The Kier molecular flexibility index (Phi) is 2.86. The maximum Gasteiger partial charge on any atom is 0.0650 e. The van der Waals surface area contributed by atoms with E-state index in [1.165, 1.54) is 38.5 Å². The molecule has 0 aromatic heterocycles. The van der Waals surface area contributed by atoms with Gasteiger partial charge >= 0.3 is 0 Å². The number of fused-ring (bicyclic) bond motifs is 2. The van der Waals surface area contributed by atoms with Gasteiger partial charge in [-0.15, -0.1) is 0 Å². The molecule has 0 amide bonds. The fourth-order valence-electron chi connectivity index (χ4n) is 5.55. The van der Waals surface area contributed by atoms with Crippen LogP contribution in [-0.2, 0) is 0 Å². The van der Waals surface area contributed by atoms with Crippen molar-refractivity contribution in [3.63, 3.8) is 0 Å². The van der Waals surface area contributed by atoms with Crippen LogP contribution in [0.15, 0.2) is 0 Å². The maximum atomic E-state index is 10.8. The van der Waals surface area contributed by atoms with E-state index >= 15 is 0 Å². The predicted octanol–water partition coefficient (Wildman–Crippen LogP) is 4.53. The SMILES string of the molecule is CC1(C)C2CCC1(C)C(CC1(O)CCCCC1)C2. The molecular formula is C17H30O. The minimum Gasteiger partial charge on any atom is -0.390 e. The van der Waals surface area contributed by atoms with Gasteiger partial charge in [-0.25, -0.2) is 0 Å². The molecule has 3 aliphatic rings. The minimum absolute atomic E-state index is 0.313. The normalized spacial score (nSPS) is 45.3. The Morgan fingerprint density at radius 3 is 2.17 bits per heavy atom. The molecule has 1 nitrogen and oxygen atoms in total. The van der Waals surface area contributed by atoms with Gasteiger partial charge in [0.1, 0.15) is 0 Å². The predicted molar refractivity (Wildman–Crippen MR) is 75.4 cm³/mol. The molecule has 104 valence electrons. The second-order valence-corrected chi connectivity index (χ2v) is 8.30. The zero-order valence-corrected chi connectivity index (χ0v) is 12.5. The first-order valence-corrected chi connectivity index (χ1v) is 8.10. The van der Waals surface area contributed by atoms with Crippen molar-refractivity contribution in [2.75, 3.05) is 0 Å². The lowest BCUT2D eigenvalue weighted by Crippen LogP contribution is -2.39. The van der Waals surface area contributed by atoms with Crippen LogP contribution < -0.4 is 0 Å². The Labute approximate surface area is 112 Å². The van der Waals surface area contributed by atoms with Crippen LogP contribution in [0, 0.1) is 22.7 Å². The average molecular weight is 250 g/mol. The first-order chi connectivity index (χ1) is 8.37. The van der Waals surface area contributed by atoms with E-state index in [4.69, 9.17) is 0 Å². The van der Waals surface area contributed by atoms with Gasteiger partial charge in [-0.3, -0.25) is 0 Å². The molecule has 0 spiro atoms. The molecule has 0 aromatic rings. The summed E-state index contributed by atoms with van der Waals surface area (Å²) in [6, 6.07) is 0. The van der Waals surface area contributed by atoms with Crippen LogP contribution in [0.4, 0.5) is 0 Å². The van der Waals surface area contributed by atoms with E-state index < -0.39 is 0 Å². The Balaban J connectivity index is 1.75. The topological polar surface area (TPSA) is 20.2 Å². The highest BCUT2D eigenvalue weighted by atomic mass is 16.3. The van der Waals surface area contributed by atoms with Crippen molar-refractivity contribution in [2.45, 2.75) is 84.2 Å². The first-order valence-electron chi connectivity index (χ1n) is 8.10. The van der Waals surface area contributed by atoms with Gasteiger partial charge in [0.05, 0.1) is 5.60 Å². The van der Waals surface area contributed by atoms with Crippen molar-refractivity contribution in [2.24, 2.45) is 22.7 Å². The van der Waals surface area contributed by atoms with Crippen LogP contribution in [0.25, 0.3) is 0 Å². The highest BCUT2D eigenvalue weighted by Gasteiger charge is 2.61. The lowest BCUT2D eigenvalue weighted by atomic mass is 9.63. The van der Waals surface area contributed by atoms with Gasteiger partial charge < -0.3 is 5.11 Å². The Hall–Kier alpha value is -0.0400. The van der Waals surface area contributed by atoms with Gasteiger partial charge in [-0.2, -0.15) is 0 Å². The maximum absolute atomic E-state index is 10.8. The van der Waals surface area contributed by atoms with Gasteiger partial charge in [0.15, 0.2) is 0 Å². The number of hydrogen-bond acceptors (Lipinski definition) is 1. The Bertz CT molecular complexity index is 327. The molecule has 3 rings (SSSR count). The summed E-state index contributed by atoms with van der Waals surface area (Å²) < 4.78 is 0. The van der Waals surface area contributed by atoms with Crippen LogP contribution in [0.1, 0.15) is 78.6 Å². The number of aliphatic hydroxyl groups is 1. The van der Waals surface area contributed by atoms with Crippen molar-refractivity contribution >= 4 is 0 Å². The molecule has 3 saturated carbocycles. The minimum atomic E-state index is -0.313. The van der Waals surface area contributed by atoms with Crippen LogP contribution in [0.5, 0.6) is 0 Å². The van der Waals surface area contributed by atoms with Gasteiger partial charge in [0, 0.05) is 0 Å². The Morgan fingerprint density at radius 1 is 1.00 bits per heavy atom. The number of rotatable bonds is 2. The molecule has 0 aromatic carbocycles. The smallest absolute Gasteiger partial charge is 0.0650 e. The van der Waals surface area contributed by atoms with E-state index in [2.05, 4.69) is 20.8 Å². The van der Waals surface area contributed by atoms with Crippen LogP contribution in [-0.4, -0.2) is 10.7 Å². The zero-order chi connectivity index (χ0) is 13.0. The second kappa shape index (κ2) is 3.98. The van der Waals surface area contributed by atoms with E-state index in [0.717, 1.165) is 31.1 Å². The van der Waals surface area contributed by atoms with E-state index in [-0.39, 0.29) is 5.60 Å². The van der Waals surface area contributed by atoms with Gasteiger partial charge in [-0.1, -0.05) is 40.0 Å². The molecule has 0 heterocycles. The third-order valence-electron chi connectivity index (χ3n) is 7.39. The van der Waals surface area contributed by atoms with E-state index in [0.29, 0.717) is 10.8 Å². The molecule has 2 bridgehead atoms. The molecule has 18 heavy (non-hydrogen) atoms. The molecule has 3 atom stereocenters. The van der Waals surface area contributed by atoms with E-state index in [1.54, 1.807) is 0 Å². The summed E-state index contributed by atoms with van der Waals surface area (Å²) in [6.45, 7) is 7.47. The van der Waals surface area contributed by atoms with E-state index in [1.807, 2.05) is 0 Å². The van der Waals surface area contributed by atoms with Crippen molar-refractivity contribution in [1.29, 1.82) is 0 Å². The lowest BCUT2D eigenvalue weighted by Gasteiger charge is -2.43. The van der Waals surface area contributed by atoms with Crippen molar-refractivity contribution in [3.8, 4) is 0 Å². The van der Waals surface area contributed by atoms with E-state index in [9.17, 15) is 5.11 Å². The third kappa shape index (κ3) is 1.69. The summed E-state index contributed by atoms with van der Waals surface area (Å²) in [5.41, 5.74) is 0.681.